The highest BCUT2D eigenvalue weighted by atomic mass is 16.5. The highest BCUT2D eigenvalue weighted by molar-refractivity contribution is 5.99. The Labute approximate surface area is 101 Å². The zero-order valence-corrected chi connectivity index (χ0v) is 10.2. The van der Waals surface area contributed by atoms with Gasteiger partial charge in [0, 0.05) is 12.3 Å². The molecule has 1 aromatic rings. The molecule has 1 amide bonds. The van der Waals surface area contributed by atoms with Gasteiger partial charge in [0.15, 0.2) is 0 Å². The third-order valence-electron chi connectivity index (χ3n) is 3.09. The standard InChI is InChI=1S/C13H18N2O2/c1-9-3-4-11(14)10(7-9)12(16)15-13(2)5-6-17-8-13/h3-4,7H,5-6,8,14H2,1-2H3,(H,15,16). The van der Waals surface area contributed by atoms with Crippen LogP contribution in [-0.4, -0.2) is 24.7 Å². The summed E-state index contributed by atoms with van der Waals surface area (Å²) in [5.41, 5.74) is 7.62. The lowest BCUT2D eigenvalue weighted by atomic mass is 10.0. The number of nitrogens with one attached hydrogen (secondary N) is 1. The first-order chi connectivity index (χ1) is 8.00. The molecule has 0 saturated carbocycles. The van der Waals surface area contributed by atoms with E-state index in [0.717, 1.165) is 12.0 Å². The van der Waals surface area contributed by atoms with Gasteiger partial charge in [-0.1, -0.05) is 11.6 Å². The van der Waals surface area contributed by atoms with Gasteiger partial charge in [-0.05, 0) is 32.4 Å². The molecular weight excluding hydrogens is 216 g/mol. The number of anilines is 1. The summed E-state index contributed by atoms with van der Waals surface area (Å²) in [6, 6.07) is 5.47. The molecular formula is C13H18N2O2. The second-order valence-corrected chi connectivity index (χ2v) is 4.91. The molecule has 0 spiro atoms. The molecule has 1 fully saturated rings. The molecule has 0 aliphatic carbocycles. The number of benzene rings is 1. The average molecular weight is 234 g/mol. The molecule has 1 atom stereocenters. The molecule has 0 aromatic heterocycles. The molecule has 1 saturated heterocycles. The van der Waals surface area contributed by atoms with E-state index in [1.165, 1.54) is 0 Å². The second kappa shape index (κ2) is 4.37. The summed E-state index contributed by atoms with van der Waals surface area (Å²) in [5.74, 6) is -0.126. The number of hydrogen-bond donors (Lipinski definition) is 2. The van der Waals surface area contributed by atoms with Gasteiger partial charge in [-0.25, -0.2) is 0 Å². The zero-order chi connectivity index (χ0) is 12.5. The minimum atomic E-state index is -0.271. The molecule has 92 valence electrons. The Kier molecular flexibility index (Phi) is 3.07. The monoisotopic (exact) mass is 234 g/mol. The summed E-state index contributed by atoms with van der Waals surface area (Å²) < 4.78 is 5.30. The van der Waals surface area contributed by atoms with Crippen LogP contribution in [0.2, 0.25) is 0 Å². The third-order valence-corrected chi connectivity index (χ3v) is 3.09. The predicted molar refractivity (Wildman–Crippen MR) is 66.9 cm³/mol. The van der Waals surface area contributed by atoms with E-state index in [1.807, 2.05) is 26.0 Å². The van der Waals surface area contributed by atoms with E-state index in [2.05, 4.69) is 5.32 Å². The number of nitrogen functional groups attached to an aromatic ring is 1. The highest BCUT2D eigenvalue weighted by Crippen LogP contribution is 2.20. The number of rotatable bonds is 2. The fraction of sp³-hybridized carbons (Fsp3) is 0.462. The van der Waals surface area contributed by atoms with Crippen LogP contribution in [0.5, 0.6) is 0 Å². The van der Waals surface area contributed by atoms with Crippen LogP contribution < -0.4 is 11.1 Å². The lowest BCUT2D eigenvalue weighted by Crippen LogP contribution is -2.46. The maximum atomic E-state index is 12.1. The van der Waals surface area contributed by atoms with E-state index >= 15 is 0 Å². The van der Waals surface area contributed by atoms with Crippen LogP contribution in [0.25, 0.3) is 0 Å². The molecule has 4 nitrogen and oxygen atoms in total. The van der Waals surface area contributed by atoms with E-state index in [9.17, 15) is 4.79 Å². The fourth-order valence-electron chi connectivity index (χ4n) is 1.97. The van der Waals surface area contributed by atoms with Crippen molar-refractivity contribution >= 4 is 11.6 Å². The van der Waals surface area contributed by atoms with Crippen LogP contribution in [0.4, 0.5) is 5.69 Å². The Morgan fingerprint density at radius 3 is 2.94 bits per heavy atom. The van der Waals surface area contributed by atoms with Crippen molar-refractivity contribution in [2.75, 3.05) is 18.9 Å². The smallest absolute Gasteiger partial charge is 0.253 e. The molecule has 17 heavy (non-hydrogen) atoms. The van der Waals surface area contributed by atoms with Gasteiger partial charge in [0.1, 0.15) is 0 Å². The lowest BCUT2D eigenvalue weighted by molar-refractivity contribution is 0.0890. The normalized spacial score (nSPS) is 23.6. The first-order valence-corrected chi connectivity index (χ1v) is 5.77. The molecule has 0 radical (unpaired) electrons. The number of carbonyl (C=O) groups is 1. The fourth-order valence-corrected chi connectivity index (χ4v) is 1.97. The Bertz CT molecular complexity index is 437. The van der Waals surface area contributed by atoms with E-state index in [4.69, 9.17) is 10.5 Å². The van der Waals surface area contributed by atoms with Crippen LogP contribution in [-0.2, 0) is 4.74 Å². The SMILES string of the molecule is Cc1ccc(N)c(C(=O)NC2(C)CCOC2)c1. The second-order valence-electron chi connectivity index (χ2n) is 4.91. The van der Waals surface area contributed by atoms with Crippen molar-refractivity contribution in [1.29, 1.82) is 0 Å². The quantitative estimate of drug-likeness (QED) is 0.762. The molecule has 3 N–H and O–H groups in total. The van der Waals surface area contributed by atoms with Crippen molar-refractivity contribution in [2.24, 2.45) is 0 Å². The summed E-state index contributed by atoms with van der Waals surface area (Å²) in [4.78, 5) is 12.1. The van der Waals surface area contributed by atoms with Gasteiger partial charge in [-0.15, -0.1) is 0 Å². The van der Waals surface area contributed by atoms with Crippen LogP contribution >= 0.6 is 0 Å². The number of ether oxygens (including phenoxy) is 1. The summed E-state index contributed by atoms with van der Waals surface area (Å²) >= 11 is 0. The van der Waals surface area contributed by atoms with Crippen LogP contribution in [0, 0.1) is 6.92 Å². The molecule has 1 aromatic carbocycles. The predicted octanol–water partition coefficient (Wildman–Crippen LogP) is 1.49. The summed E-state index contributed by atoms with van der Waals surface area (Å²) in [6.07, 6.45) is 0.838. The maximum Gasteiger partial charge on any atom is 0.253 e. The van der Waals surface area contributed by atoms with Gasteiger partial charge < -0.3 is 15.8 Å². The first-order valence-electron chi connectivity index (χ1n) is 5.77. The van der Waals surface area contributed by atoms with Gasteiger partial charge in [-0.3, -0.25) is 4.79 Å². The van der Waals surface area contributed by atoms with E-state index in [1.54, 1.807) is 6.07 Å². The number of nitrogens with two attached hydrogens (primary N) is 1. The largest absolute Gasteiger partial charge is 0.398 e. The van der Waals surface area contributed by atoms with Crippen LogP contribution in [0.3, 0.4) is 0 Å². The minimum Gasteiger partial charge on any atom is -0.398 e. The minimum absolute atomic E-state index is 0.126. The zero-order valence-electron chi connectivity index (χ0n) is 10.2. The maximum absolute atomic E-state index is 12.1. The summed E-state index contributed by atoms with van der Waals surface area (Å²) in [6.45, 7) is 5.19. The summed E-state index contributed by atoms with van der Waals surface area (Å²) in [5, 5.41) is 3.00. The Balaban J connectivity index is 2.17. The number of carbonyl (C=O) groups excluding carboxylic acids is 1. The molecule has 1 aliphatic heterocycles. The Hall–Kier alpha value is -1.55. The van der Waals surface area contributed by atoms with Gasteiger partial charge in [-0.2, -0.15) is 0 Å². The van der Waals surface area contributed by atoms with Gasteiger partial charge in [0.2, 0.25) is 0 Å². The van der Waals surface area contributed by atoms with Crippen molar-refractivity contribution in [3.63, 3.8) is 0 Å². The first kappa shape index (κ1) is 11.9. The van der Waals surface area contributed by atoms with Crippen LogP contribution in [0.15, 0.2) is 18.2 Å². The van der Waals surface area contributed by atoms with E-state index in [-0.39, 0.29) is 11.4 Å². The van der Waals surface area contributed by atoms with Gasteiger partial charge >= 0.3 is 0 Å². The average Bonchev–Trinajstić information content (AvgIpc) is 2.68. The molecule has 1 aliphatic rings. The highest BCUT2D eigenvalue weighted by Gasteiger charge is 2.31. The molecule has 0 bridgehead atoms. The summed E-state index contributed by atoms with van der Waals surface area (Å²) in [7, 11) is 0. The third kappa shape index (κ3) is 2.58. The van der Waals surface area contributed by atoms with Crippen LogP contribution in [0.1, 0.15) is 29.3 Å². The van der Waals surface area contributed by atoms with E-state index < -0.39 is 0 Å². The molecule has 2 rings (SSSR count). The number of amides is 1. The number of aryl methyl sites for hydroxylation is 1. The molecule has 1 heterocycles. The van der Waals surface area contributed by atoms with Crippen molar-refractivity contribution in [3.8, 4) is 0 Å². The topological polar surface area (TPSA) is 64.4 Å². The van der Waals surface area contributed by atoms with Crippen molar-refractivity contribution in [1.82, 2.24) is 5.32 Å². The Morgan fingerprint density at radius 1 is 1.53 bits per heavy atom. The lowest BCUT2D eigenvalue weighted by Gasteiger charge is -2.24. The molecule has 1 unspecified atom stereocenters. The number of hydrogen-bond acceptors (Lipinski definition) is 3. The van der Waals surface area contributed by atoms with E-state index in [0.29, 0.717) is 24.5 Å². The van der Waals surface area contributed by atoms with Gasteiger partial charge in [0.25, 0.3) is 5.91 Å². The van der Waals surface area contributed by atoms with Gasteiger partial charge in [0.05, 0.1) is 17.7 Å². The molecule has 4 heteroatoms. The van der Waals surface area contributed by atoms with Crippen molar-refractivity contribution in [2.45, 2.75) is 25.8 Å². The Morgan fingerprint density at radius 2 is 2.29 bits per heavy atom. The van der Waals surface area contributed by atoms with Crippen molar-refractivity contribution in [3.05, 3.63) is 29.3 Å². The van der Waals surface area contributed by atoms with Crippen molar-refractivity contribution < 1.29 is 9.53 Å².